The molecule has 1 aromatic heterocycles. The topological polar surface area (TPSA) is 99.6 Å². The van der Waals surface area contributed by atoms with Gasteiger partial charge in [-0.25, -0.2) is 4.79 Å². The second-order valence-corrected chi connectivity index (χ2v) is 5.82. The Hall–Kier alpha value is -2.73. The lowest BCUT2D eigenvalue weighted by molar-refractivity contribution is 0.0690. The lowest BCUT2D eigenvalue weighted by Crippen LogP contribution is -2.01. The van der Waals surface area contributed by atoms with E-state index in [0.717, 1.165) is 0 Å². The van der Waals surface area contributed by atoms with Crippen LogP contribution in [0.4, 0.5) is 0 Å². The summed E-state index contributed by atoms with van der Waals surface area (Å²) in [6.45, 7) is 5.36. The van der Waals surface area contributed by atoms with Crippen molar-refractivity contribution < 1.29 is 24.5 Å². The number of halogens is 1. The average molecular weight is 364 g/mol. The maximum absolute atomic E-state index is 12.4. The van der Waals surface area contributed by atoms with E-state index >= 15 is 0 Å². The number of aromatic carboxylic acids is 1. The van der Waals surface area contributed by atoms with Gasteiger partial charge in [-0.2, -0.15) is 0 Å². The lowest BCUT2D eigenvalue weighted by atomic mass is 10.0. The fraction of sp³-hybridized carbons (Fsp3) is 0.222. The maximum atomic E-state index is 12.4. The number of ketones is 1. The molecule has 0 saturated heterocycles. The van der Waals surface area contributed by atoms with Crippen LogP contribution in [-0.2, 0) is 0 Å². The first-order valence-electron chi connectivity index (χ1n) is 7.56. The number of hydrogen-bond donors (Lipinski definition) is 3. The van der Waals surface area contributed by atoms with Crippen LogP contribution in [0.2, 0.25) is 5.02 Å². The van der Waals surface area contributed by atoms with E-state index in [1.165, 1.54) is 18.2 Å². The lowest BCUT2D eigenvalue weighted by Gasteiger charge is -2.08. The average Bonchev–Trinajstić information content (AvgIpc) is 2.85. The van der Waals surface area contributed by atoms with E-state index in [2.05, 4.69) is 4.98 Å². The molecule has 1 heterocycles. The minimum absolute atomic E-state index is 0.000518. The van der Waals surface area contributed by atoms with Crippen LogP contribution in [-0.4, -0.2) is 33.6 Å². The zero-order valence-electron chi connectivity index (χ0n) is 14.0. The van der Waals surface area contributed by atoms with Gasteiger partial charge in [0.2, 0.25) is 0 Å². The summed E-state index contributed by atoms with van der Waals surface area (Å²) in [7, 11) is 0. The molecule has 132 valence electrons. The summed E-state index contributed by atoms with van der Waals surface area (Å²) in [5.41, 5.74) is 1.77. The Balaban J connectivity index is 2.34. The molecule has 0 radical (unpaired) electrons. The van der Waals surface area contributed by atoms with Crippen LogP contribution in [0.25, 0.3) is 6.08 Å². The van der Waals surface area contributed by atoms with Crippen molar-refractivity contribution in [1.29, 1.82) is 0 Å². The molecule has 3 N–H and O–H groups in total. The Labute approximate surface area is 149 Å². The number of phenolic OH excluding ortho intramolecular Hbond substituents is 1. The van der Waals surface area contributed by atoms with Gasteiger partial charge >= 0.3 is 5.97 Å². The molecule has 0 unspecified atom stereocenters. The van der Waals surface area contributed by atoms with Crippen molar-refractivity contribution in [3.8, 4) is 11.5 Å². The van der Waals surface area contributed by atoms with Crippen LogP contribution in [0.5, 0.6) is 11.5 Å². The molecule has 0 aliphatic rings. The predicted octanol–water partition coefficient (Wildman–Crippen LogP) is 3.98. The Morgan fingerprint density at radius 3 is 2.56 bits per heavy atom. The third kappa shape index (κ3) is 3.85. The zero-order chi connectivity index (χ0) is 18.7. The van der Waals surface area contributed by atoms with E-state index in [0.29, 0.717) is 29.0 Å². The number of aryl methyl sites for hydroxylation is 1. The molecule has 25 heavy (non-hydrogen) atoms. The fourth-order valence-corrected chi connectivity index (χ4v) is 2.76. The summed E-state index contributed by atoms with van der Waals surface area (Å²) in [5.74, 6) is -1.38. The first-order valence-corrected chi connectivity index (χ1v) is 7.94. The van der Waals surface area contributed by atoms with Crippen LogP contribution in [0.1, 0.15) is 44.6 Å². The number of H-pyrrole nitrogens is 1. The minimum Gasteiger partial charge on any atom is -0.503 e. The Bertz CT molecular complexity index is 867. The highest BCUT2D eigenvalue weighted by Gasteiger charge is 2.20. The van der Waals surface area contributed by atoms with E-state index < -0.39 is 5.97 Å². The summed E-state index contributed by atoms with van der Waals surface area (Å²) >= 11 is 5.96. The summed E-state index contributed by atoms with van der Waals surface area (Å²) in [6, 6.07) is 3.07. The van der Waals surface area contributed by atoms with Crippen molar-refractivity contribution in [3.63, 3.8) is 0 Å². The second kappa shape index (κ2) is 7.44. The van der Waals surface area contributed by atoms with Crippen molar-refractivity contribution in [3.05, 3.63) is 51.3 Å². The van der Waals surface area contributed by atoms with Crippen molar-refractivity contribution >= 4 is 29.4 Å². The Morgan fingerprint density at radius 1 is 1.32 bits per heavy atom. The monoisotopic (exact) mass is 363 g/mol. The summed E-state index contributed by atoms with van der Waals surface area (Å²) < 4.78 is 5.29. The molecule has 7 heteroatoms. The fourth-order valence-electron chi connectivity index (χ4n) is 2.54. The Morgan fingerprint density at radius 2 is 2.00 bits per heavy atom. The van der Waals surface area contributed by atoms with E-state index in [9.17, 15) is 14.7 Å². The molecule has 0 bridgehead atoms. The first-order chi connectivity index (χ1) is 11.8. The highest BCUT2D eigenvalue weighted by atomic mass is 35.5. The standard InChI is InChI=1S/C18H18ClNO5/c1-4-25-14-8-11(7-12(19)17(14)22)5-6-13(21)15-9(2)16(18(23)24)20-10(15)3/h5-8,20,22H,4H2,1-3H3,(H,23,24)/b6-5+. The first kappa shape index (κ1) is 18.6. The molecule has 2 aromatic rings. The van der Waals surface area contributed by atoms with Gasteiger partial charge in [0, 0.05) is 11.3 Å². The molecular weight excluding hydrogens is 346 g/mol. The van der Waals surface area contributed by atoms with Gasteiger partial charge < -0.3 is 19.9 Å². The van der Waals surface area contributed by atoms with E-state index in [4.69, 9.17) is 21.4 Å². The zero-order valence-corrected chi connectivity index (χ0v) is 14.8. The van der Waals surface area contributed by atoms with Crippen molar-refractivity contribution in [2.24, 2.45) is 0 Å². The quantitative estimate of drug-likeness (QED) is 0.532. The highest BCUT2D eigenvalue weighted by molar-refractivity contribution is 6.32. The number of aromatic amines is 1. The van der Waals surface area contributed by atoms with Crippen molar-refractivity contribution in [2.45, 2.75) is 20.8 Å². The van der Waals surface area contributed by atoms with Gasteiger partial charge in [-0.05, 0) is 50.1 Å². The maximum Gasteiger partial charge on any atom is 0.352 e. The number of hydrogen-bond acceptors (Lipinski definition) is 4. The molecule has 0 aliphatic heterocycles. The molecule has 0 aliphatic carbocycles. The van der Waals surface area contributed by atoms with Crippen molar-refractivity contribution in [1.82, 2.24) is 4.98 Å². The minimum atomic E-state index is -1.12. The van der Waals surface area contributed by atoms with Gasteiger partial charge in [-0.1, -0.05) is 17.7 Å². The number of carbonyl (C=O) groups excluding carboxylic acids is 1. The number of nitrogens with one attached hydrogen (secondary N) is 1. The number of aromatic hydroxyl groups is 1. The number of carboxylic acid groups (broad SMARTS) is 1. The van der Waals surface area contributed by atoms with Gasteiger partial charge in [0.1, 0.15) is 5.69 Å². The number of phenols is 1. The molecule has 0 atom stereocenters. The smallest absolute Gasteiger partial charge is 0.352 e. The summed E-state index contributed by atoms with van der Waals surface area (Å²) in [6.07, 6.45) is 2.86. The molecule has 0 spiro atoms. The number of allylic oxidation sites excluding steroid dienone is 1. The molecule has 6 nitrogen and oxygen atoms in total. The molecule has 0 fully saturated rings. The van der Waals surface area contributed by atoms with Gasteiger partial charge in [0.05, 0.1) is 11.6 Å². The number of ether oxygens (including phenoxy) is 1. The largest absolute Gasteiger partial charge is 0.503 e. The van der Waals surface area contributed by atoms with Crippen LogP contribution < -0.4 is 4.74 Å². The normalized spacial score (nSPS) is 11.0. The van der Waals surface area contributed by atoms with Crippen LogP contribution in [0.15, 0.2) is 18.2 Å². The predicted molar refractivity (Wildman–Crippen MR) is 94.9 cm³/mol. The number of rotatable bonds is 6. The number of carbonyl (C=O) groups is 2. The Kier molecular flexibility index (Phi) is 5.54. The SMILES string of the molecule is CCOc1cc(/C=C/C(=O)c2c(C)[nH]c(C(=O)O)c2C)cc(Cl)c1O. The van der Waals surface area contributed by atoms with Gasteiger partial charge in [0.15, 0.2) is 17.3 Å². The van der Waals surface area contributed by atoms with E-state index in [1.807, 2.05) is 0 Å². The van der Waals surface area contributed by atoms with Gasteiger partial charge in [-0.3, -0.25) is 4.79 Å². The van der Waals surface area contributed by atoms with E-state index in [-0.39, 0.29) is 28.0 Å². The van der Waals surface area contributed by atoms with Crippen LogP contribution in [0.3, 0.4) is 0 Å². The highest BCUT2D eigenvalue weighted by Crippen LogP contribution is 2.35. The van der Waals surface area contributed by atoms with Crippen LogP contribution in [0, 0.1) is 13.8 Å². The van der Waals surface area contributed by atoms with Gasteiger partial charge in [0.25, 0.3) is 0 Å². The molecule has 0 amide bonds. The third-order valence-electron chi connectivity index (χ3n) is 3.68. The summed E-state index contributed by atoms with van der Waals surface area (Å²) in [4.78, 5) is 26.3. The molecule has 1 aromatic carbocycles. The van der Waals surface area contributed by atoms with Crippen molar-refractivity contribution in [2.75, 3.05) is 6.61 Å². The van der Waals surface area contributed by atoms with Gasteiger partial charge in [-0.15, -0.1) is 0 Å². The second-order valence-electron chi connectivity index (χ2n) is 5.41. The number of aromatic nitrogens is 1. The molecule has 0 saturated carbocycles. The number of carboxylic acids is 1. The third-order valence-corrected chi connectivity index (χ3v) is 3.96. The number of benzene rings is 1. The van der Waals surface area contributed by atoms with E-state index in [1.54, 1.807) is 26.8 Å². The molecular formula is C18H18ClNO5. The molecule has 2 rings (SSSR count). The summed E-state index contributed by atoms with van der Waals surface area (Å²) in [5, 5.41) is 19.1. The van der Waals surface area contributed by atoms with Crippen LogP contribution >= 0.6 is 11.6 Å².